The Morgan fingerprint density at radius 1 is 1.24 bits per heavy atom. The Bertz CT molecular complexity index is 743. The maximum Gasteiger partial charge on any atom is 0.252 e. The average molecular weight is 366 g/mol. The van der Waals surface area contributed by atoms with Crippen molar-refractivity contribution in [3.05, 3.63) is 35.4 Å². The number of hydrogen-bond donors (Lipinski definition) is 2. The Morgan fingerprint density at radius 3 is 2.48 bits per heavy atom. The summed E-state index contributed by atoms with van der Waals surface area (Å²) in [5, 5.41) is 5.59. The number of rotatable bonds is 6. The average Bonchev–Trinajstić information content (AvgIpc) is 2.89. The van der Waals surface area contributed by atoms with E-state index in [-0.39, 0.29) is 35.2 Å². The number of carbonyl (C=O) groups is 2. The molecule has 1 saturated heterocycles. The molecule has 1 aromatic rings. The van der Waals surface area contributed by atoms with Crippen molar-refractivity contribution in [3.63, 3.8) is 0 Å². The first-order valence-electron chi connectivity index (χ1n) is 8.54. The van der Waals surface area contributed by atoms with Crippen molar-refractivity contribution in [1.82, 2.24) is 10.6 Å². The molecule has 1 aliphatic heterocycles. The predicted molar refractivity (Wildman–Crippen MR) is 97.0 cm³/mol. The predicted octanol–water partition coefficient (Wildman–Crippen LogP) is 1.30. The maximum atomic E-state index is 12.5. The minimum absolute atomic E-state index is 0.0474. The van der Waals surface area contributed by atoms with Crippen LogP contribution in [0.4, 0.5) is 0 Å². The molecule has 1 aromatic carbocycles. The van der Waals surface area contributed by atoms with E-state index in [4.69, 9.17) is 0 Å². The standard InChI is InChI=1S/C18H26N2O4S/c1-12(2)16(20-17(21)15-7-5-4-6-13(15)3)18(22)19-10-14-8-9-25(23,24)11-14/h4-7,12,14,16H,8-11H2,1-3H3,(H,19,22)(H,20,21). The molecular weight excluding hydrogens is 340 g/mol. The van der Waals surface area contributed by atoms with Gasteiger partial charge in [0.1, 0.15) is 6.04 Å². The lowest BCUT2D eigenvalue weighted by Gasteiger charge is -2.23. The monoisotopic (exact) mass is 366 g/mol. The fourth-order valence-electron chi connectivity index (χ4n) is 2.97. The number of aryl methyl sites for hydroxylation is 1. The van der Waals surface area contributed by atoms with Gasteiger partial charge in [-0.05, 0) is 36.8 Å². The first kappa shape index (κ1) is 19.4. The Kier molecular flexibility index (Phi) is 6.21. The Morgan fingerprint density at radius 2 is 1.92 bits per heavy atom. The SMILES string of the molecule is Cc1ccccc1C(=O)NC(C(=O)NCC1CCS(=O)(=O)C1)C(C)C. The van der Waals surface area contributed by atoms with Gasteiger partial charge in [-0.2, -0.15) is 0 Å². The van der Waals surface area contributed by atoms with E-state index in [9.17, 15) is 18.0 Å². The highest BCUT2D eigenvalue weighted by Gasteiger charge is 2.30. The highest BCUT2D eigenvalue weighted by molar-refractivity contribution is 7.91. The molecule has 6 nitrogen and oxygen atoms in total. The Hall–Kier alpha value is -1.89. The third-order valence-electron chi connectivity index (χ3n) is 4.52. The van der Waals surface area contributed by atoms with Gasteiger partial charge in [-0.25, -0.2) is 8.42 Å². The molecule has 2 N–H and O–H groups in total. The third kappa shape index (κ3) is 5.29. The normalized spacial score (nSPS) is 20.2. The van der Waals surface area contributed by atoms with Crippen LogP contribution >= 0.6 is 0 Å². The van der Waals surface area contributed by atoms with Crippen molar-refractivity contribution in [2.24, 2.45) is 11.8 Å². The number of sulfone groups is 1. The molecule has 2 amide bonds. The second-order valence-corrected chi connectivity index (χ2v) is 9.25. The molecule has 25 heavy (non-hydrogen) atoms. The summed E-state index contributed by atoms with van der Waals surface area (Å²) >= 11 is 0. The number of nitrogens with one attached hydrogen (secondary N) is 2. The van der Waals surface area contributed by atoms with E-state index < -0.39 is 15.9 Å². The molecule has 0 bridgehead atoms. The lowest BCUT2D eigenvalue weighted by molar-refractivity contribution is -0.124. The zero-order valence-corrected chi connectivity index (χ0v) is 15.7. The fraction of sp³-hybridized carbons (Fsp3) is 0.556. The van der Waals surface area contributed by atoms with Crippen LogP contribution in [0, 0.1) is 18.8 Å². The molecule has 1 heterocycles. The summed E-state index contributed by atoms with van der Waals surface area (Å²) < 4.78 is 23.0. The topological polar surface area (TPSA) is 92.3 Å². The van der Waals surface area contributed by atoms with Gasteiger partial charge in [0.15, 0.2) is 9.84 Å². The first-order chi connectivity index (χ1) is 11.7. The van der Waals surface area contributed by atoms with Crippen molar-refractivity contribution < 1.29 is 18.0 Å². The molecule has 0 aromatic heterocycles. The van der Waals surface area contributed by atoms with Crippen LogP contribution < -0.4 is 10.6 Å². The summed E-state index contributed by atoms with van der Waals surface area (Å²) in [5.74, 6) is -0.383. The van der Waals surface area contributed by atoms with E-state index >= 15 is 0 Å². The van der Waals surface area contributed by atoms with Crippen LogP contribution in [0.15, 0.2) is 24.3 Å². The molecule has 138 valence electrons. The first-order valence-corrected chi connectivity index (χ1v) is 10.4. The molecule has 0 spiro atoms. The van der Waals surface area contributed by atoms with Crippen LogP contribution in [-0.4, -0.2) is 44.3 Å². The smallest absolute Gasteiger partial charge is 0.252 e. The maximum absolute atomic E-state index is 12.5. The number of carbonyl (C=O) groups excluding carboxylic acids is 2. The van der Waals surface area contributed by atoms with Gasteiger partial charge in [-0.1, -0.05) is 32.0 Å². The highest BCUT2D eigenvalue weighted by Crippen LogP contribution is 2.17. The number of benzene rings is 1. The summed E-state index contributed by atoms with van der Waals surface area (Å²) in [6, 6.07) is 6.55. The van der Waals surface area contributed by atoms with E-state index in [1.54, 1.807) is 12.1 Å². The van der Waals surface area contributed by atoms with Gasteiger partial charge in [-0.15, -0.1) is 0 Å². The zero-order chi connectivity index (χ0) is 18.6. The summed E-state index contributed by atoms with van der Waals surface area (Å²) in [4.78, 5) is 24.9. The van der Waals surface area contributed by atoms with E-state index in [1.807, 2.05) is 32.9 Å². The van der Waals surface area contributed by atoms with Crippen LogP contribution in [-0.2, 0) is 14.6 Å². The molecule has 0 aliphatic carbocycles. The lowest BCUT2D eigenvalue weighted by atomic mass is 10.0. The van der Waals surface area contributed by atoms with E-state index in [1.165, 1.54) is 0 Å². The zero-order valence-electron chi connectivity index (χ0n) is 14.9. The van der Waals surface area contributed by atoms with Crippen LogP contribution in [0.5, 0.6) is 0 Å². The molecule has 1 fully saturated rings. The van der Waals surface area contributed by atoms with Crippen LogP contribution in [0.3, 0.4) is 0 Å². The lowest BCUT2D eigenvalue weighted by Crippen LogP contribution is -2.50. The van der Waals surface area contributed by atoms with Crippen molar-refractivity contribution in [2.45, 2.75) is 33.2 Å². The van der Waals surface area contributed by atoms with Crippen LogP contribution in [0.25, 0.3) is 0 Å². The van der Waals surface area contributed by atoms with Crippen molar-refractivity contribution in [1.29, 1.82) is 0 Å². The Balaban J connectivity index is 1.96. The number of amides is 2. The second kappa shape index (κ2) is 7.99. The van der Waals surface area contributed by atoms with Gasteiger partial charge >= 0.3 is 0 Å². The molecule has 1 aliphatic rings. The van der Waals surface area contributed by atoms with Crippen LogP contribution in [0.1, 0.15) is 36.2 Å². The van der Waals surface area contributed by atoms with E-state index in [2.05, 4.69) is 10.6 Å². The number of hydrogen-bond acceptors (Lipinski definition) is 4. The third-order valence-corrected chi connectivity index (χ3v) is 6.35. The molecule has 2 rings (SSSR count). The second-order valence-electron chi connectivity index (χ2n) is 7.02. The summed E-state index contributed by atoms with van der Waals surface area (Å²) in [7, 11) is -2.96. The van der Waals surface area contributed by atoms with Crippen LogP contribution in [0.2, 0.25) is 0 Å². The van der Waals surface area contributed by atoms with Crippen molar-refractivity contribution in [2.75, 3.05) is 18.1 Å². The fourth-order valence-corrected chi connectivity index (χ4v) is 4.83. The van der Waals surface area contributed by atoms with E-state index in [0.717, 1.165) is 5.56 Å². The minimum Gasteiger partial charge on any atom is -0.354 e. The summed E-state index contributed by atoms with van der Waals surface area (Å²) in [6.07, 6.45) is 0.574. The summed E-state index contributed by atoms with van der Waals surface area (Å²) in [6.45, 7) is 5.90. The molecule has 0 saturated carbocycles. The molecule has 2 unspecified atom stereocenters. The largest absolute Gasteiger partial charge is 0.354 e. The van der Waals surface area contributed by atoms with Gasteiger partial charge < -0.3 is 10.6 Å². The minimum atomic E-state index is -2.96. The quantitative estimate of drug-likeness (QED) is 0.794. The molecule has 7 heteroatoms. The van der Waals surface area contributed by atoms with Gasteiger partial charge in [0.05, 0.1) is 11.5 Å². The van der Waals surface area contributed by atoms with Gasteiger partial charge in [0, 0.05) is 12.1 Å². The van der Waals surface area contributed by atoms with Gasteiger partial charge in [0.25, 0.3) is 5.91 Å². The van der Waals surface area contributed by atoms with Gasteiger partial charge in [0.2, 0.25) is 5.91 Å². The van der Waals surface area contributed by atoms with Crippen molar-refractivity contribution in [3.8, 4) is 0 Å². The molecule has 2 atom stereocenters. The van der Waals surface area contributed by atoms with Gasteiger partial charge in [-0.3, -0.25) is 9.59 Å². The molecular formula is C18H26N2O4S. The molecule has 0 radical (unpaired) electrons. The highest BCUT2D eigenvalue weighted by atomic mass is 32.2. The van der Waals surface area contributed by atoms with E-state index in [0.29, 0.717) is 18.5 Å². The Labute approximate surface area is 149 Å². The summed E-state index contributed by atoms with van der Waals surface area (Å²) in [5.41, 5.74) is 1.39. The van der Waals surface area contributed by atoms with Crippen molar-refractivity contribution >= 4 is 21.7 Å².